The number of nitrogens with one attached hydrogen (secondary N) is 2. The lowest BCUT2D eigenvalue weighted by atomic mass is 9.84. The van der Waals surface area contributed by atoms with Gasteiger partial charge in [0.25, 0.3) is 10.8 Å². The number of aryl methyl sites for hydroxylation is 1. The van der Waals surface area contributed by atoms with Gasteiger partial charge in [-0.3, -0.25) is 20.3 Å². The number of guanidine groups is 1. The first-order valence-electron chi connectivity index (χ1n) is 14.1. The highest BCUT2D eigenvalue weighted by Crippen LogP contribution is 2.33. The predicted molar refractivity (Wildman–Crippen MR) is 159 cm³/mol. The van der Waals surface area contributed by atoms with E-state index in [1.165, 1.54) is 37.7 Å². The Balaban J connectivity index is 1.46. The molecule has 1 aliphatic rings. The number of benzene rings is 3. The number of carbonyl (C=O) groups is 2. The van der Waals surface area contributed by atoms with Gasteiger partial charge in [0.15, 0.2) is 0 Å². The third kappa shape index (κ3) is 8.29. The summed E-state index contributed by atoms with van der Waals surface area (Å²) in [6.45, 7) is 0.325. The van der Waals surface area contributed by atoms with Crippen LogP contribution in [0.15, 0.2) is 83.1 Å². The van der Waals surface area contributed by atoms with Crippen LogP contribution in [0.4, 0.5) is 11.4 Å². The fourth-order valence-corrected chi connectivity index (χ4v) is 5.26. The number of amides is 2. The lowest BCUT2D eigenvalue weighted by molar-refractivity contribution is -0.729. The van der Waals surface area contributed by atoms with Crippen LogP contribution >= 0.6 is 0 Å². The van der Waals surface area contributed by atoms with Gasteiger partial charge >= 0.3 is 5.69 Å². The first-order valence-corrected chi connectivity index (χ1v) is 14.1. The van der Waals surface area contributed by atoms with Crippen molar-refractivity contribution in [2.45, 2.75) is 63.8 Å². The van der Waals surface area contributed by atoms with Crippen molar-refractivity contribution in [3.05, 3.63) is 100.0 Å². The number of hydrogen-bond acceptors (Lipinski definition) is 5. The topological polar surface area (TPSA) is 164 Å². The van der Waals surface area contributed by atoms with Gasteiger partial charge in [-0.1, -0.05) is 66.0 Å². The molecule has 4 rings (SSSR count). The Bertz CT molecular complexity index is 1420. The van der Waals surface area contributed by atoms with Gasteiger partial charge in [0, 0.05) is 29.8 Å². The molecule has 11 nitrogen and oxygen atoms in total. The molecule has 42 heavy (non-hydrogen) atoms. The van der Waals surface area contributed by atoms with E-state index in [0.717, 1.165) is 16.8 Å². The van der Waals surface area contributed by atoms with E-state index in [4.69, 9.17) is 16.5 Å². The molecular weight excluding hydrogens is 534 g/mol. The van der Waals surface area contributed by atoms with Crippen LogP contribution in [0.1, 0.15) is 77.9 Å². The molecule has 3 aromatic rings. The van der Waals surface area contributed by atoms with Gasteiger partial charge in [0.2, 0.25) is 11.9 Å². The number of carbonyl (C=O) groups excluding carboxylic acids is 2. The van der Waals surface area contributed by atoms with Crippen molar-refractivity contribution < 1.29 is 19.7 Å². The van der Waals surface area contributed by atoms with E-state index in [9.17, 15) is 14.5 Å². The molecular formula is C31H36N7O4+. The molecule has 3 aromatic carbocycles. The molecule has 1 fully saturated rings. The number of anilines is 1. The van der Waals surface area contributed by atoms with Gasteiger partial charge in [-0.15, -0.1) is 0 Å². The number of nitrogens with zero attached hydrogens (tertiary/aromatic N) is 4. The van der Waals surface area contributed by atoms with E-state index in [2.05, 4.69) is 27.8 Å². The fourth-order valence-electron chi connectivity index (χ4n) is 5.26. The van der Waals surface area contributed by atoms with Crippen LogP contribution in [0, 0.1) is 10.3 Å². The standard InChI is InChI=1S/C31H35N7O4/c32-31(35-36-33)34-30(40)26-13-9-23(10-14-26)21-37(27-19-15-25(16-20-27)24-6-2-1-3-7-24)29(39)8-4-5-22-11-17-28(18-12-22)38(41)42/h9-20,24H,1-8,21H2,(H4-,32,33,34,35,40,41,42)/p+1. The van der Waals surface area contributed by atoms with Gasteiger partial charge < -0.3 is 10.7 Å². The molecule has 11 heteroatoms. The highest BCUT2D eigenvalue weighted by Gasteiger charge is 2.20. The second-order valence-corrected chi connectivity index (χ2v) is 10.4. The zero-order valence-electron chi connectivity index (χ0n) is 23.4. The average Bonchev–Trinajstić information content (AvgIpc) is 3.01. The summed E-state index contributed by atoms with van der Waals surface area (Å²) in [4.78, 5) is 38.5. The zero-order chi connectivity index (χ0) is 29.9. The molecule has 0 aromatic heterocycles. The van der Waals surface area contributed by atoms with Gasteiger partial charge in [0.05, 0.1) is 11.5 Å². The van der Waals surface area contributed by atoms with Crippen molar-refractivity contribution in [2.24, 2.45) is 16.2 Å². The van der Waals surface area contributed by atoms with Gasteiger partial charge in [-0.2, -0.15) is 0 Å². The number of hydrogen-bond donors (Lipinski definition) is 4. The SMILES string of the molecule is N=C(/N=N\N)NC(=O)c1ccc(CN(C(=O)CCCc2ccc([N+](=O)O)cc2)c2ccc(C3CCCCC3)cc2)cc1. The summed E-state index contributed by atoms with van der Waals surface area (Å²) in [7, 11) is 0. The Morgan fingerprint density at radius 1 is 0.952 bits per heavy atom. The molecule has 5 N–H and O–H groups in total. The Hall–Kier alpha value is -4.93. The minimum Gasteiger partial charge on any atom is -0.308 e. The molecule has 218 valence electrons. The summed E-state index contributed by atoms with van der Waals surface area (Å²) in [5, 5.41) is 25.1. The minimum absolute atomic E-state index is 0.0273. The molecule has 0 saturated heterocycles. The van der Waals surface area contributed by atoms with Crippen molar-refractivity contribution in [1.29, 1.82) is 5.41 Å². The second kappa shape index (κ2) is 14.6. The van der Waals surface area contributed by atoms with E-state index in [1.807, 2.05) is 12.1 Å². The zero-order valence-corrected chi connectivity index (χ0v) is 23.4. The Morgan fingerprint density at radius 2 is 1.60 bits per heavy atom. The van der Waals surface area contributed by atoms with Crippen molar-refractivity contribution >= 4 is 29.1 Å². The third-order valence-corrected chi connectivity index (χ3v) is 7.54. The quantitative estimate of drug-likeness (QED) is 0.0761. The van der Waals surface area contributed by atoms with Crippen molar-refractivity contribution in [3.8, 4) is 0 Å². The van der Waals surface area contributed by atoms with Crippen LogP contribution in [-0.2, 0) is 17.8 Å². The summed E-state index contributed by atoms with van der Waals surface area (Å²) in [5.41, 5.74) is 4.41. The predicted octanol–water partition coefficient (Wildman–Crippen LogP) is 6.08. The normalized spacial score (nSPS) is 13.5. The van der Waals surface area contributed by atoms with Crippen molar-refractivity contribution in [3.63, 3.8) is 0 Å². The van der Waals surface area contributed by atoms with Crippen LogP contribution in [0.25, 0.3) is 0 Å². The summed E-state index contributed by atoms with van der Waals surface area (Å²) in [6.07, 6.45) is 7.76. The molecule has 1 aliphatic carbocycles. The van der Waals surface area contributed by atoms with E-state index >= 15 is 0 Å². The van der Waals surface area contributed by atoms with E-state index in [1.54, 1.807) is 53.4 Å². The van der Waals surface area contributed by atoms with E-state index < -0.39 is 11.9 Å². The van der Waals surface area contributed by atoms with Crippen LogP contribution in [0.3, 0.4) is 0 Å². The summed E-state index contributed by atoms with van der Waals surface area (Å²) in [6, 6.07) is 21.7. The molecule has 0 heterocycles. The lowest BCUT2D eigenvalue weighted by Crippen LogP contribution is -2.30. The Morgan fingerprint density at radius 3 is 2.21 bits per heavy atom. The van der Waals surface area contributed by atoms with Crippen molar-refractivity contribution in [1.82, 2.24) is 5.32 Å². The maximum Gasteiger partial charge on any atom is 0.316 e. The molecule has 0 spiro atoms. The highest BCUT2D eigenvalue weighted by molar-refractivity contribution is 6.05. The smallest absolute Gasteiger partial charge is 0.308 e. The molecule has 0 aliphatic heterocycles. The maximum atomic E-state index is 13.6. The van der Waals surface area contributed by atoms with E-state index in [0.29, 0.717) is 37.3 Å². The van der Waals surface area contributed by atoms with Gasteiger partial charge in [-0.05, 0) is 72.6 Å². The Kier molecular flexibility index (Phi) is 10.5. The summed E-state index contributed by atoms with van der Waals surface area (Å²) in [5.74, 6) is 4.48. The van der Waals surface area contributed by atoms with Crippen LogP contribution in [0.5, 0.6) is 0 Å². The molecule has 0 unspecified atom stereocenters. The molecule has 1 saturated carbocycles. The molecule has 0 atom stereocenters. The lowest BCUT2D eigenvalue weighted by Gasteiger charge is -2.25. The first kappa shape index (κ1) is 30.0. The monoisotopic (exact) mass is 570 g/mol. The van der Waals surface area contributed by atoms with Crippen LogP contribution in [0.2, 0.25) is 0 Å². The summed E-state index contributed by atoms with van der Waals surface area (Å²) < 4.78 is 0. The van der Waals surface area contributed by atoms with Gasteiger partial charge in [-0.25, -0.2) is 5.21 Å². The molecule has 0 radical (unpaired) electrons. The second-order valence-electron chi connectivity index (χ2n) is 10.4. The maximum absolute atomic E-state index is 13.6. The molecule has 0 bridgehead atoms. The highest BCUT2D eigenvalue weighted by atomic mass is 16.6. The largest absolute Gasteiger partial charge is 0.316 e. The average molecular weight is 571 g/mol. The first-order chi connectivity index (χ1) is 20.3. The summed E-state index contributed by atoms with van der Waals surface area (Å²) >= 11 is 0. The Labute approximate surface area is 244 Å². The minimum atomic E-state index is -0.514. The number of nitrogens with two attached hydrogens (primary N) is 1. The molecule has 2 amide bonds. The van der Waals surface area contributed by atoms with Crippen LogP contribution in [-0.4, -0.2) is 27.9 Å². The van der Waals surface area contributed by atoms with E-state index in [-0.39, 0.29) is 16.5 Å². The van der Waals surface area contributed by atoms with Crippen molar-refractivity contribution in [2.75, 3.05) is 4.90 Å². The van der Waals surface area contributed by atoms with Crippen LogP contribution < -0.4 is 16.1 Å². The van der Waals surface area contributed by atoms with Gasteiger partial charge in [0.1, 0.15) is 0 Å². The fraction of sp³-hybridized carbons (Fsp3) is 0.323. The number of rotatable bonds is 10. The third-order valence-electron chi connectivity index (χ3n) is 7.54.